The van der Waals surface area contributed by atoms with E-state index < -0.39 is 0 Å². The molecule has 2 N–H and O–H groups in total. The lowest BCUT2D eigenvalue weighted by atomic mass is 10.0. The largest absolute Gasteiger partial charge is 0.341 e. The van der Waals surface area contributed by atoms with Crippen LogP contribution in [0, 0.1) is 0 Å². The van der Waals surface area contributed by atoms with Crippen LogP contribution in [0.1, 0.15) is 32.6 Å². The first-order chi connectivity index (χ1) is 9.01. The highest BCUT2D eigenvalue weighted by Crippen LogP contribution is 2.47. The Morgan fingerprint density at radius 3 is 2.79 bits per heavy atom. The summed E-state index contributed by atoms with van der Waals surface area (Å²) in [5.41, 5.74) is 5.87. The number of carbonyl (C=O) groups is 2. The third-order valence-electron chi connectivity index (χ3n) is 4.58. The number of hydrogen-bond acceptors (Lipinski definition) is 4. The van der Waals surface area contributed by atoms with Gasteiger partial charge in [0, 0.05) is 31.3 Å². The molecule has 2 amide bonds. The predicted octanol–water partition coefficient (Wildman–Crippen LogP) is 0.390. The topological polar surface area (TPSA) is 66.6 Å². The van der Waals surface area contributed by atoms with E-state index in [0.717, 1.165) is 38.1 Å². The lowest BCUT2D eigenvalue weighted by Gasteiger charge is -2.35. The minimum absolute atomic E-state index is 0.123. The number of carbonyl (C=O) groups excluding carboxylic acids is 2. The summed E-state index contributed by atoms with van der Waals surface area (Å²) in [6, 6.07) is -0.0278. The van der Waals surface area contributed by atoms with Gasteiger partial charge in [0.15, 0.2) is 0 Å². The molecule has 3 fully saturated rings. The number of hydrogen-bond donors (Lipinski definition) is 1. The van der Waals surface area contributed by atoms with Gasteiger partial charge in [-0.05, 0) is 26.2 Å². The van der Waals surface area contributed by atoms with Gasteiger partial charge in [-0.2, -0.15) is 0 Å². The lowest BCUT2D eigenvalue weighted by molar-refractivity contribution is -0.144. The van der Waals surface area contributed by atoms with Gasteiger partial charge in [-0.3, -0.25) is 9.59 Å². The van der Waals surface area contributed by atoms with Crippen molar-refractivity contribution < 1.29 is 9.59 Å². The zero-order valence-corrected chi connectivity index (χ0v) is 12.1. The summed E-state index contributed by atoms with van der Waals surface area (Å²) in [4.78, 5) is 28.2. The van der Waals surface area contributed by atoms with Gasteiger partial charge in [0.05, 0.1) is 4.87 Å². The van der Waals surface area contributed by atoms with E-state index >= 15 is 0 Å². The summed E-state index contributed by atoms with van der Waals surface area (Å²) < 4.78 is 0. The highest BCUT2D eigenvalue weighted by Gasteiger charge is 2.53. The first-order valence-electron chi connectivity index (χ1n) is 7.02. The molecule has 0 saturated carbocycles. The molecular formula is C13H21N3O2S. The summed E-state index contributed by atoms with van der Waals surface area (Å²) in [5.74, 6) is 1.00. The number of nitrogens with zero attached hydrogens (tertiary/aromatic N) is 2. The molecule has 106 valence electrons. The highest BCUT2D eigenvalue weighted by molar-refractivity contribution is 8.01. The minimum atomic E-state index is -0.251. The second kappa shape index (κ2) is 4.66. The molecule has 0 aromatic rings. The van der Waals surface area contributed by atoms with Crippen molar-refractivity contribution in [3.8, 4) is 0 Å². The van der Waals surface area contributed by atoms with Crippen molar-refractivity contribution in [2.75, 3.05) is 18.8 Å². The standard InChI is InChI=1S/C13H21N3O2S/c1-13-5-2-11(17)16(13)10(8-19-13)12(18)15-6-3-9(14)4-7-15/h9-10H,2-8,14H2,1H3. The van der Waals surface area contributed by atoms with Crippen LogP contribution < -0.4 is 5.73 Å². The molecule has 3 aliphatic rings. The van der Waals surface area contributed by atoms with Crippen LogP contribution in [0.2, 0.25) is 0 Å². The van der Waals surface area contributed by atoms with Crippen molar-refractivity contribution in [3.63, 3.8) is 0 Å². The predicted molar refractivity (Wildman–Crippen MR) is 74.5 cm³/mol. The summed E-state index contributed by atoms with van der Waals surface area (Å²) in [6.45, 7) is 3.56. The first-order valence-corrected chi connectivity index (χ1v) is 8.00. The second-order valence-corrected chi connectivity index (χ2v) is 7.43. The van der Waals surface area contributed by atoms with Crippen LogP contribution in [0.25, 0.3) is 0 Å². The number of likely N-dealkylation sites (tertiary alicyclic amines) is 1. The van der Waals surface area contributed by atoms with Gasteiger partial charge in [-0.25, -0.2) is 0 Å². The molecule has 2 atom stereocenters. The van der Waals surface area contributed by atoms with E-state index in [2.05, 4.69) is 6.92 Å². The third-order valence-corrected chi connectivity index (χ3v) is 6.09. The van der Waals surface area contributed by atoms with Gasteiger partial charge in [0.1, 0.15) is 6.04 Å². The van der Waals surface area contributed by atoms with Crippen LogP contribution in [0.5, 0.6) is 0 Å². The Kier molecular flexibility index (Phi) is 3.25. The molecule has 3 heterocycles. The van der Waals surface area contributed by atoms with Crippen molar-refractivity contribution in [2.45, 2.75) is 49.6 Å². The van der Waals surface area contributed by atoms with Gasteiger partial charge in [0.25, 0.3) is 0 Å². The third kappa shape index (κ3) is 2.14. The molecule has 19 heavy (non-hydrogen) atoms. The number of rotatable bonds is 1. The Bertz CT molecular complexity index is 409. The molecule has 6 heteroatoms. The molecule has 3 aliphatic heterocycles. The number of thioether (sulfide) groups is 1. The molecule has 2 unspecified atom stereocenters. The van der Waals surface area contributed by atoms with Crippen LogP contribution in [0.4, 0.5) is 0 Å². The fourth-order valence-electron chi connectivity index (χ4n) is 3.33. The van der Waals surface area contributed by atoms with Crippen molar-refractivity contribution in [2.24, 2.45) is 5.73 Å². The van der Waals surface area contributed by atoms with Crippen molar-refractivity contribution >= 4 is 23.6 Å². The van der Waals surface area contributed by atoms with Crippen LogP contribution in [-0.2, 0) is 9.59 Å². The Balaban J connectivity index is 1.72. The lowest BCUT2D eigenvalue weighted by Crippen LogP contribution is -2.53. The average Bonchev–Trinajstić information content (AvgIpc) is 2.87. The first kappa shape index (κ1) is 13.2. The average molecular weight is 283 g/mol. The van der Waals surface area contributed by atoms with Crippen LogP contribution >= 0.6 is 11.8 Å². The van der Waals surface area contributed by atoms with E-state index in [4.69, 9.17) is 5.73 Å². The fraction of sp³-hybridized carbons (Fsp3) is 0.846. The maximum atomic E-state index is 12.6. The van der Waals surface area contributed by atoms with Gasteiger partial charge in [-0.1, -0.05) is 0 Å². The van der Waals surface area contributed by atoms with Crippen LogP contribution in [0.3, 0.4) is 0 Å². The summed E-state index contributed by atoms with van der Waals surface area (Å²) >= 11 is 1.75. The molecule has 0 aromatic heterocycles. The van der Waals surface area contributed by atoms with Gasteiger partial charge < -0.3 is 15.5 Å². The van der Waals surface area contributed by atoms with Crippen molar-refractivity contribution in [1.82, 2.24) is 9.80 Å². The van der Waals surface area contributed by atoms with Gasteiger partial charge in [0.2, 0.25) is 11.8 Å². The monoisotopic (exact) mass is 283 g/mol. The molecule has 0 spiro atoms. The smallest absolute Gasteiger partial charge is 0.246 e. The SMILES string of the molecule is CC12CCC(=O)N1C(C(=O)N1CCC(N)CC1)CS2. The van der Waals surface area contributed by atoms with E-state index in [9.17, 15) is 9.59 Å². The number of nitrogens with two attached hydrogens (primary N) is 1. The van der Waals surface area contributed by atoms with E-state index in [-0.39, 0.29) is 28.8 Å². The van der Waals surface area contributed by atoms with E-state index in [0.29, 0.717) is 6.42 Å². The number of fused-ring (bicyclic) bond motifs is 1. The Morgan fingerprint density at radius 2 is 2.11 bits per heavy atom. The molecule has 5 nitrogen and oxygen atoms in total. The molecule has 3 saturated heterocycles. The van der Waals surface area contributed by atoms with Crippen LogP contribution in [-0.4, -0.2) is 57.4 Å². The molecule has 3 rings (SSSR count). The van der Waals surface area contributed by atoms with Gasteiger partial charge in [-0.15, -0.1) is 11.8 Å². The molecule has 0 aromatic carbocycles. The Labute approximate surface area is 117 Å². The highest BCUT2D eigenvalue weighted by atomic mass is 32.2. The Morgan fingerprint density at radius 1 is 1.42 bits per heavy atom. The zero-order chi connectivity index (χ0) is 13.6. The fourth-order valence-corrected chi connectivity index (χ4v) is 4.76. The van der Waals surface area contributed by atoms with Crippen molar-refractivity contribution in [3.05, 3.63) is 0 Å². The maximum absolute atomic E-state index is 12.6. The Hall–Kier alpha value is -0.750. The second-order valence-electron chi connectivity index (χ2n) is 5.93. The summed E-state index contributed by atoms with van der Waals surface area (Å²) in [7, 11) is 0. The normalized spacial score (nSPS) is 35.9. The van der Waals surface area contributed by atoms with Crippen LogP contribution in [0.15, 0.2) is 0 Å². The van der Waals surface area contributed by atoms with Crippen molar-refractivity contribution in [1.29, 1.82) is 0 Å². The number of piperidine rings is 1. The van der Waals surface area contributed by atoms with E-state index in [1.165, 1.54) is 0 Å². The maximum Gasteiger partial charge on any atom is 0.246 e. The summed E-state index contributed by atoms with van der Waals surface area (Å²) in [5, 5.41) is 0. The quantitative estimate of drug-likeness (QED) is 0.756. The number of amides is 2. The van der Waals surface area contributed by atoms with Gasteiger partial charge >= 0.3 is 0 Å². The zero-order valence-electron chi connectivity index (χ0n) is 11.3. The summed E-state index contributed by atoms with van der Waals surface area (Å²) in [6.07, 6.45) is 3.19. The van der Waals surface area contributed by atoms with E-state index in [1.54, 1.807) is 11.8 Å². The minimum Gasteiger partial charge on any atom is -0.341 e. The molecule has 0 aliphatic carbocycles. The molecular weight excluding hydrogens is 262 g/mol. The molecule has 0 radical (unpaired) electrons. The van der Waals surface area contributed by atoms with E-state index in [1.807, 2.05) is 9.80 Å². The molecule has 0 bridgehead atoms.